The van der Waals surface area contributed by atoms with Gasteiger partial charge in [0.25, 0.3) is 15.9 Å². The van der Waals surface area contributed by atoms with E-state index in [0.717, 1.165) is 21.3 Å². The molecule has 0 atom stereocenters. The summed E-state index contributed by atoms with van der Waals surface area (Å²) in [4.78, 5) is 15.4. The average molecular weight is 640 g/mol. The number of nitrogens with zero attached hydrogens (tertiary/aromatic N) is 3. The van der Waals surface area contributed by atoms with Crippen molar-refractivity contribution in [3.63, 3.8) is 0 Å². The van der Waals surface area contributed by atoms with Gasteiger partial charge in [-0.1, -0.05) is 59.6 Å². The molecule has 4 rings (SSSR count). The number of sulfonamides is 1. The first-order valence-corrected chi connectivity index (χ1v) is 14.9. The van der Waals surface area contributed by atoms with Crippen LogP contribution in [0, 0.1) is 6.92 Å². The Bertz CT molecular complexity index is 1640. The Morgan fingerprint density at radius 1 is 0.950 bits per heavy atom. The topological polar surface area (TPSA) is 82.1 Å². The molecule has 0 saturated heterocycles. The van der Waals surface area contributed by atoms with Crippen LogP contribution in [0.5, 0.6) is 0 Å². The van der Waals surface area contributed by atoms with Gasteiger partial charge in [-0.2, -0.15) is 5.10 Å². The molecule has 0 heterocycles. The summed E-state index contributed by atoms with van der Waals surface area (Å²) in [5.74, 6) is -0.545. The van der Waals surface area contributed by atoms with E-state index in [4.69, 9.17) is 11.6 Å². The van der Waals surface area contributed by atoms with Gasteiger partial charge >= 0.3 is 0 Å². The van der Waals surface area contributed by atoms with Crippen molar-refractivity contribution in [1.29, 1.82) is 0 Å². The molecule has 0 unspecified atom stereocenters. The Kier molecular flexibility index (Phi) is 9.29. The van der Waals surface area contributed by atoms with Gasteiger partial charge in [-0.15, -0.1) is 0 Å². The first-order valence-electron chi connectivity index (χ1n) is 12.3. The fourth-order valence-corrected chi connectivity index (χ4v) is 6.32. The monoisotopic (exact) mass is 638 g/mol. The average Bonchev–Trinajstić information content (AvgIpc) is 2.92. The summed E-state index contributed by atoms with van der Waals surface area (Å²) in [6.45, 7) is 1.88. The number of carbonyl (C=O) groups excluding carboxylic acids is 1. The molecule has 0 spiro atoms. The Morgan fingerprint density at radius 2 is 1.62 bits per heavy atom. The van der Waals surface area contributed by atoms with Gasteiger partial charge in [0.15, 0.2) is 0 Å². The quantitative estimate of drug-likeness (QED) is 0.165. The number of benzene rings is 4. The third kappa shape index (κ3) is 6.91. The van der Waals surface area contributed by atoms with Crippen LogP contribution in [0.4, 0.5) is 11.4 Å². The normalized spacial score (nSPS) is 11.4. The van der Waals surface area contributed by atoms with Crippen LogP contribution in [-0.4, -0.2) is 34.6 Å². The second kappa shape index (κ2) is 12.7. The predicted molar refractivity (Wildman–Crippen MR) is 166 cm³/mol. The van der Waals surface area contributed by atoms with Gasteiger partial charge in [-0.3, -0.25) is 9.10 Å². The first-order chi connectivity index (χ1) is 19.1. The number of amides is 1. The van der Waals surface area contributed by atoms with Gasteiger partial charge in [0.1, 0.15) is 0 Å². The predicted octanol–water partition coefficient (Wildman–Crippen LogP) is 6.64. The molecular weight excluding hydrogens is 612 g/mol. The molecule has 0 saturated carbocycles. The van der Waals surface area contributed by atoms with Crippen LogP contribution in [-0.2, 0) is 16.6 Å². The molecule has 0 aromatic heterocycles. The number of rotatable bonds is 9. The van der Waals surface area contributed by atoms with E-state index in [1.165, 1.54) is 10.5 Å². The van der Waals surface area contributed by atoms with Crippen molar-refractivity contribution in [1.82, 2.24) is 5.43 Å². The van der Waals surface area contributed by atoms with Crippen molar-refractivity contribution in [3.05, 3.63) is 123 Å². The van der Waals surface area contributed by atoms with Crippen molar-refractivity contribution in [2.75, 3.05) is 23.3 Å². The molecule has 0 fully saturated rings. The molecule has 10 heteroatoms. The molecule has 1 amide bonds. The highest BCUT2D eigenvalue weighted by atomic mass is 79.9. The third-order valence-corrected chi connectivity index (χ3v) is 8.76. The number of hydrogen-bond acceptors (Lipinski definition) is 5. The lowest BCUT2D eigenvalue weighted by atomic mass is 10.1. The molecule has 7 nitrogen and oxygen atoms in total. The fourth-order valence-electron chi connectivity index (χ4n) is 3.97. The van der Waals surface area contributed by atoms with E-state index in [1.54, 1.807) is 72.8 Å². The molecule has 0 bridgehead atoms. The van der Waals surface area contributed by atoms with E-state index in [2.05, 4.69) is 26.5 Å². The third-order valence-electron chi connectivity index (χ3n) is 6.10. The summed E-state index contributed by atoms with van der Waals surface area (Å²) in [5, 5.41) is 4.66. The molecule has 4 aromatic carbocycles. The Hall–Kier alpha value is -3.66. The highest BCUT2D eigenvalue weighted by Crippen LogP contribution is 2.30. The van der Waals surface area contributed by atoms with E-state index in [0.29, 0.717) is 10.6 Å². The lowest BCUT2D eigenvalue weighted by molar-refractivity contribution is 0.0955. The Morgan fingerprint density at radius 3 is 2.27 bits per heavy atom. The number of hydrazone groups is 1. The summed E-state index contributed by atoms with van der Waals surface area (Å²) in [5.41, 5.74) is 6.35. The van der Waals surface area contributed by atoms with Crippen molar-refractivity contribution in [3.8, 4) is 0 Å². The molecular formula is C30H28BrClN4O3S. The standard InChI is InChI=1S/C30H28BrClN4O3S/c1-21-8-15-25(16-9-21)40(38,39)36(20-22-10-13-24(32)14-11-22)28-7-5-4-6-26(28)30(37)34-33-19-23-12-17-29(35(2)3)27(31)18-23/h4-19H,20H2,1-3H3,(H,34,37)/b33-19-. The number of anilines is 2. The summed E-state index contributed by atoms with van der Waals surface area (Å²) >= 11 is 9.60. The van der Waals surface area contributed by atoms with Crippen molar-refractivity contribution < 1.29 is 13.2 Å². The highest BCUT2D eigenvalue weighted by Gasteiger charge is 2.28. The van der Waals surface area contributed by atoms with Gasteiger partial charge < -0.3 is 4.90 Å². The van der Waals surface area contributed by atoms with Crippen molar-refractivity contribution in [2.24, 2.45) is 5.10 Å². The smallest absolute Gasteiger partial charge is 0.273 e. The Labute approximate surface area is 248 Å². The van der Waals surface area contributed by atoms with Gasteiger partial charge in [0.2, 0.25) is 0 Å². The summed E-state index contributed by atoms with van der Waals surface area (Å²) in [6, 6.07) is 25.8. The van der Waals surface area contributed by atoms with E-state index in [9.17, 15) is 13.2 Å². The zero-order chi connectivity index (χ0) is 28.9. The first kappa shape index (κ1) is 29.3. The van der Waals surface area contributed by atoms with Gasteiger partial charge in [0, 0.05) is 23.6 Å². The Balaban J connectivity index is 1.67. The summed E-state index contributed by atoms with van der Waals surface area (Å²) < 4.78 is 30.0. The molecule has 4 aromatic rings. The number of carbonyl (C=O) groups is 1. The zero-order valence-corrected chi connectivity index (χ0v) is 25.3. The zero-order valence-electron chi connectivity index (χ0n) is 22.2. The number of aryl methyl sites for hydroxylation is 1. The second-order valence-corrected chi connectivity index (χ2v) is 12.4. The summed E-state index contributed by atoms with van der Waals surface area (Å²) in [6.07, 6.45) is 1.53. The number of hydrogen-bond donors (Lipinski definition) is 1. The minimum absolute atomic E-state index is 0.00676. The fraction of sp³-hybridized carbons (Fsp3) is 0.133. The maximum absolute atomic E-state index is 13.9. The van der Waals surface area contributed by atoms with Crippen LogP contribution in [0.15, 0.2) is 105 Å². The van der Waals surface area contributed by atoms with E-state index < -0.39 is 15.9 Å². The molecule has 0 aliphatic heterocycles. The summed E-state index contributed by atoms with van der Waals surface area (Å²) in [7, 11) is -0.151. The SMILES string of the molecule is Cc1ccc(S(=O)(=O)N(Cc2ccc(Cl)cc2)c2ccccc2C(=O)N/N=C\c2ccc(N(C)C)c(Br)c2)cc1. The molecule has 0 radical (unpaired) electrons. The van der Waals surface area contributed by atoms with Crippen LogP contribution in [0.3, 0.4) is 0 Å². The number of nitrogens with one attached hydrogen (secondary N) is 1. The van der Waals surface area contributed by atoms with Crippen LogP contribution in [0.2, 0.25) is 5.02 Å². The highest BCUT2D eigenvalue weighted by molar-refractivity contribution is 9.10. The molecule has 0 aliphatic carbocycles. The van der Waals surface area contributed by atoms with Gasteiger partial charge in [-0.25, -0.2) is 13.8 Å². The molecule has 206 valence electrons. The van der Waals surface area contributed by atoms with E-state index >= 15 is 0 Å². The maximum atomic E-state index is 13.9. The lowest BCUT2D eigenvalue weighted by Crippen LogP contribution is -2.33. The van der Waals surface area contributed by atoms with Gasteiger partial charge in [0.05, 0.1) is 34.6 Å². The van der Waals surface area contributed by atoms with Crippen LogP contribution < -0.4 is 14.6 Å². The minimum atomic E-state index is -4.04. The van der Waals surface area contributed by atoms with Crippen LogP contribution in [0.1, 0.15) is 27.0 Å². The minimum Gasteiger partial charge on any atom is -0.377 e. The molecule has 0 aliphatic rings. The van der Waals surface area contributed by atoms with Crippen LogP contribution >= 0.6 is 27.5 Å². The maximum Gasteiger partial charge on any atom is 0.273 e. The largest absolute Gasteiger partial charge is 0.377 e. The number of halogens is 2. The van der Waals surface area contributed by atoms with Crippen molar-refractivity contribution in [2.45, 2.75) is 18.4 Å². The lowest BCUT2D eigenvalue weighted by Gasteiger charge is -2.26. The number of para-hydroxylation sites is 1. The molecule has 1 N–H and O–H groups in total. The van der Waals surface area contributed by atoms with Gasteiger partial charge in [-0.05, 0) is 82.5 Å². The van der Waals surface area contributed by atoms with E-state index in [1.807, 2.05) is 44.1 Å². The molecule has 40 heavy (non-hydrogen) atoms. The van der Waals surface area contributed by atoms with Crippen molar-refractivity contribution >= 4 is 61.1 Å². The van der Waals surface area contributed by atoms with E-state index in [-0.39, 0.29) is 22.7 Å². The second-order valence-electron chi connectivity index (χ2n) is 9.27. The van der Waals surface area contributed by atoms with Crippen LogP contribution in [0.25, 0.3) is 0 Å².